The van der Waals surface area contributed by atoms with Gasteiger partial charge in [-0.2, -0.15) is 4.98 Å². The number of rotatable bonds is 5. The summed E-state index contributed by atoms with van der Waals surface area (Å²) >= 11 is 0. The largest absolute Gasteiger partial charge is 0.494 e. The number of carbonyl (C=O) groups excluding carboxylic acids is 3. The molecule has 3 amide bonds. The van der Waals surface area contributed by atoms with Crippen molar-refractivity contribution in [3.05, 3.63) is 71.3 Å². The summed E-state index contributed by atoms with van der Waals surface area (Å²) < 4.78 is 28.6. The maximum Gasteiger partial charge on any atom is 0.259 e. The van der Waals surface area contributed by atoms with Crippen LogP contribution < -0.4 is 24.3 Å². The van der Waals surface area contributed by atoms with Crippen molar-refractivity contribution in [3.63, 3.8) is 0 Å². The van der Waals surface area contributed by atoms with Gasteiger partial charge in [-0.3, -0.25) is 14.4 Å². The predicted octanol–water partition coefficient (Wildman–Crippen LogP) is 3.29. The summed E-state index contributed by atoms with van der Waals surface area (Å²) in [5.41, 5.74) is 1.47. The molecular formula is C32H36N4O8. The number of aromatic nitrogens is 1. The van der Waals surface area contributed by atoms with E-state index in [2.05, 4.69) is 10.3 Å². The van der Waals surface area contributed by atoms with Gasteiger partial charge in [-0.1, -0.05) is 12.1 Å². The highest BCUT2D eigenvalue weighted by Gasteiger charge is 2.35. The normalized spacial score (nSPS) is 18.9. The van der Waals surface area contributed by atoms with Gasteiger partial charge in [0.2, 0.25) is 17.7 Å². The Kier molecular flexibility index (Phi) is 9.49. The minimum atomic E-state index is -0.541. The van der Waals surface area contributed by atoms with E-state index in [0.717, 1.165) is 5.56 Å². The Morgan fingerprint density at radius 1 is 1.07 bits per heavy atom. The number of amides is 3. The van der Waals surface area contributed by atoms with Crippen molar-refractivity contribution in [3.8, 4) is 29.0 Å². The molecule has 1 aromatic heterocycles. The number of piperidine rings is 1. The molecule has 5 rings (SSSR count). The Balaban J connectivity index is 1.42. The van der Waals surface area contributed by atoms with Crippen molar-refractivity contribution < 1.29 is 38.1 Å². The van der Waals surface area contributed by atoms with Crippen LogP contribution in [0.3, 0.4) is 0 Å². The molecule has 0 radical (unpaired) electrons. The quantitative estimate of drug-likeness (QED) is 0.467. The summed E-state index contributed by atoms with van der Waals surface area (Å²) in [6.45, 7) is 2.90. The number of likely N-dealkylation sites (N-methyl/N-ethyl adjacent to an activating group) is 1. The van der Waals surface area contributed by atoms with E-state index in [1.54, 1.807) is 42.3 Å². The predicted molar refractivity (Wildman–Crippen MR) is 159 cm³/mol. The molecule has 0 aliphatic carbocycles. The molecule has 0 saturated carbocycles. The third-order valence-corrected chi connectivity index (χ3v) is 7.41. The monoisotopic (exact) mass is 604 g/mol. The average molecular weight is 605 g/mol. The number of nitrogens with zero attached hydrogens (tertiary/aromatic N) is 3. The highest BCUT2D eigenvalue weighted by molar-refractivity contribution is 5.98. The van der Waals surface area contributed by atoms with E-state index in [0.29, 0.717) is 48.3 Å². The summed E-state index contributed by atoms with van der Waals surface area (Å²) in [4.78, 5) is 47.4. The lowest BCUT2D eigenvalue weighted by molar-refractivity contribution is -0.124. The number of hydrogen-bond donors (Lipinski definition) is 1. The Bertz CT molecular complexity index is 1530. The van der Waals surface area contributed by atoms with E-state index in [-0.39, 0.29) is 55.0 Å². The molecule has 1 saturated heterocycles. The van der Waals surface area contributed by atoms with E-state index in [1.807, 2.05) is 31.2 Å². The summed E-state index contributed by atoms with van der Waals surface area (Å²) in [5, 5.41) is 3.01. The molecule has 232 valence electrons. The van der Waals surface area contributed by atoms with Crippen molar-refractivity contribution in [2.24, 2.45) is 0 Å². The molecule has 1 N–H and O–H groups in total. The van der Waals surface area contributed by atoms with E-state index in [1.165, 1.54) is 19.1 Å². The lowest BCUT2D eigenvalue weighted by Crippen LogP contribution is -2.58. The van der Waals surface area contributed by atoms with Crippen LogP contribution in [-0.4, -0.2) is 92.2 Å². The Hall–Kier alpha value is -4.84. The molecule has 2 aromatic carbocycles. The number of pyridine rings is 1. The standard InChI is InChI=1S/C32H36N4O8/c1-5-42-23-14-21-15-24(16-23)44-22-8-6-7-20(13-22)19-43-27-11-12-36(17-26(27)33-28(37)18-35(2)31(21)38)32(39)25-9-10-29(40-3)34-30(25)41-4/h6-10,13-16,26-27H,5,11-12,17-19H2,1-4H3,(H,33,37)/t26-,27+/m0/s1. The van der Waals surface area contributed by atoms with Gasteiger partial charge in [0.15, 0.2) is 0 Å². The van der Waals surface area contributed by atoms with Crippen LogP contribution >= 0.6 is 0 Å². The number of carbonyl (C=O) groups is 3. The molecule has 2 aliphatic rings. The van der Waals surface area contributed by atoms with Crippen LogP contribution in [0.15, 0.2) is 54.6 Å². The number of nitrogens with one attached hydrogen (secondary N) is 1. The second-order valence-corrected chi connectivity index (χ2v) is 10.5. The van der Waals surface area contributed by atoms with Crippen LogP contribution in [0.1, 0.15) is 39.6 Å². The first-order valence-electron chi connectivity index (χ1n) is 14.4. The van der Waals surface area contributed by atoms with Gasteiger partial charge in [0.25, 0.3) is 11.8 Å². The molecule has 44 heavy (non-hydrogen) atoms. The average Bonchev–Trinajstić information content (AvgIpc) is 3.02. The van der Waals surface area contributed by atoms with Crippen LogP contribution in [0, 0.1) is 0 Å². The lowest BCUT2D eigenvalue weighted by atomic mass is 10.0. The SMILES string of the molecule is CCOc1cc2cc(c1)C(=O)N(C)CC(=O)N[C@H]1CN(C(=O)c3ccc(OC)nc3OC)CC[C@H]1OCc1cccc(c1)O2. The van der Waals surface area contributed by atoms with Gasteiger partial charge in [0.1, 0.15) is 22.8 Å². The number of benzene rings is 2. The second-order valence-electron chi connectivity index (χ2n) is 10.5. The molecule has 12 heteroatoms. The first-order valence-corrected chi connectivity index (χ1v) is 14.4. The number of fused-ring (bicyclic) bond motifs is 5. The maximum absolute atomic E-state index is 13.6. The number of likely N-dealkylation sites (tertiary alicyclic amines) is 1. The van der Waals surface area contributed by atoms with Crippen LogP contribution in [0.25, 0.3) is 0 Å². The highest BCUT2D eigenvalue weighted by Crippen LogP contribution is 2.30. The molecule has 2 aliphatic heterocycles. The molecule has 1 fully saturated rings. The van der Waals surface area contributed by atoms with Gasteiger partial charge in [0, 0.05) is 37.8 Å². The summed E-state index contributed by atoms with van der Waals surface area (Å²) in [5.74, 6) is 0.903. The number of hydrogen-bond acceptors (Lipinski definition) is 9. The number of ether oxygens (including phenoxy) is 5. The van der Waals surface area contributed by atoms with Crippen molar-refractivity contribution in [2.45, 2.75) is 32.1 Å². The third kappa shape index (κ3) is 7.03. The van der Waals surface area contributed by atoms with Gasteiger partial charge >= 0.3 is 0 Å². The lowest BCUT2D eigenvalue weighted by Gasteiger charge is -2.39. The highest BCUT2D eigenvalue weighted by atomic mass is 16.5. The van der Waals surface area contributed by atoms with E-state index in [9.17, 15) is 14.4 Å². The summed E-state index contributed by atoms with van der Waals surface area (Å²) in [6, 6.07) is 15.1. The first-order chi connectivity index (χ1) is 21.3. The minimum Gasteiger partial charge on any atom is -0.494 e. The fourth-order valence-electron chi connectivity index (χ4n) is 5.28. The molecule has 4 bridgehead atoms. The van der Waals surface area contributed by atoms with Gasteiger partial charge in [0.05, 0.1) is 46.1 Å². The summed E-state index contributed by atoms with van der Waals surface area (Å²) in [6.07, 6.45) is 0.0806. The van der Waals surface area contributed by atoms with Gasteiger partial charge in [-0.15, -0.1) is 0 Å². The van der Waals surface area contributed by atoms with E-state index < -0.39 is 6.04 Å². The van der Waals surface area contributed by atoms with Crippen LogP contribution in [0.4, 0.5) is 0 Å². The smallest absolute Gasteiger partial charge is 0.259 e. The van der Waals surface area contributed by atoms with Crippen molar-refractivity contribution in [2.75, 3.05) is 47.5 Å². The first kappa shape index (κ1) is 30.6. The van der Waals surface area contributed by atoms with Crippen molar-refractivity contribution in [1.82, 2.24) is 20.1 Å². The molecular weight excluding hydrogens is 568 g/mol. The van der Waals surface area contributed by atoms with Crippen molar-refractivity contribution in [1.29, 1.82) is 0 Å². The summed E-state index contributed by atoms with van der Waals surface area (Å²) in [7, 11) is 4.47. The van der Waals surface area contributed by atoms with E-state index >= 15 is 0 Å². The van der Waals surface area contributed by atoms with Crippen LogP contribution in [0.5, 0.6) is 29.0 Å². The van der Waals surface area contributed by atoms with Crippen LogP contribution in [0.2, 0.25) is 0 Å². The topological polar surface area (TPSA) is 129 Å². The van der Waals surface area contributed by atoms with Gasteiger partial charge in [-0.25, -0.2) is 0 Å². The zero-order chi connectivity index (χ0) is 31.2. The Morgan fingerprint density at radius 3 is 2.68 bits per heavy atom. The molecule has 2 atom stereocenters. The molecule has 3 heterocycles. The third-order valence-electron chi connectivity index (χ3n) is 7.41. The second kappa shape index (κ2) is 13.6. The number of methoxy groups -OCH3 is 2. The molecule has 0 unspecified atom stereocenters. The zero-order valence-electron chi connectivity index (χ0n) is 25.2. The van der Waals surface area contributed by atoms with Crippen molar-refractivity contribution >= 4 is 17.7 Å². The fraction of sp³-hybridized carbons (Fsp3) is 0.375. The fourth-order valence-corrected chi connectivity index (χ4v) is 5.28. The Morgan fingerprint density at radius 2 is 1.91 bits per heavy atom. The zero-order valence-corrected chi connectivity index (χ0v) is 25.2. The maximum atomic E-state index is 13.6. The van der Waals surface area contributed by atoms with Gasteiger partial charge in [-0.05, 0) is 49.2 Å². The Labute approximate surface area is 255 Å². The molecule has 0 spiro atoms. The minimum absolute atomic E-state index is 0.147. The van der Waals surface area contributed by atoms with E-state index in [4.69, 9.17) is 23.7 Å². The van der Waals surface area contributed by atoms with Crippen LogP contribution in [-0.2, 0) is 16.1 Å². The molecule has 12 nitrogen and oxygen atoms in total. The molecule has 3 aromatic rings. The van der Waals surface area contributed by atoms with Gasteiger partial charge < -0.3 is 38.8 Å².